The molecule has 104 valence electrons. The van der Waals surface area contributed by atoms with E-state index in [1.54, 1.807) is 14.2 Å². The van der Waals surface area contributed by atoms with Crippen molar-refractivity contribution in [3.8, 4) is 0 Å². The molecule has 1 aliphatic carbocycles. The molecule has 2 fully saturated rings. The number of ether oxygens (including phenoxy) is 2. The van der Waals surface area contributed by atoms with Crippen molar-refractivity contribution in [2.45, 2.75) is 43.7 Å². The molecule has 1 spiro atoms. The van der Waals surface area contributed by atoms with Gasteiger partial charge in [0.15, 0.2) is 5.17 Å². The first-order valence-corrected chi connectivity index (χ1v) is 7.74. The second-order valence-electron chi connectivity index (χ2n) is 5.21. The van der Waals surface area contributed by atoms with Crippen molar-refractivity contribution in [2.24, 2.45) is 4.99 Å². The highest BCUT2D eigenvalue weighted by Crippen LogP contribution is 2.36. The first kappa shape index (κ1) is 14.2. The Morgan fingerprint density at radius 1 is 1.33 bits per heavy atom. The zero-order valence-electron chi connectivity index (χ0n) is 11.4. The van der Waals surface area contributed by atoms with Gasteiger partial charge in [0.2, 0.25) is 0 Å². The number of nitrogens with one attached hydrogen (secondary N) is 1. The Labute approximate surface area is 114 Å². The van der Waals surface area contributed by atoms with E-state index >= 15 is 0 Å². The lowest BCUT2D eigenvalue weighted by atomic mass is 9.83. The third-order valence-electron chi connectivity index (χ3n) is 3.79. The fourth-order valence-electron chi connectivity index (χ4n) is 2.65. The topological polar surface area (TPSA) is 42.8 Å². The van der Waals surface area contributed by atoms with Crippen LogP contribution in [0.5, 0.6) is 0 Å². The quantitative estimate of drug-likeness (QED) is 0.832. The number of amidine groups is 1. The van der Waals surface area contributed by atoms with Gasteiger partial charge in [0.25, 0.3) is 0 Å². The highest BCUT2D eigenvalue weighted by atomic mass is 32.2. The van der Waals surface area contributed by atoms with Crippen molar-refractivity contribution in [2.75, 3.05) is 33.1 Å². The Morgan fingerprint density at radius 2 is 2.11 bits per heavy atom. The molecule has 1 unspecified atom stereocenters. The van der Waals surface area contributed by atoms with E-state index in [1.807, 2.05) is 11.8 Å². The molecule has 0 radical (unpaired) electrons. The molecule has 0 amide bonds. The maximum Gasteiger partial charge on any atom is 0.157 e. The molecule has 1 saturated carbocycles. The number of rotatable bonds is 5. The SMILES string of the molecule is COCC(CN=C1NC2(CCCCC2)CS1)OC. The van der Waals surface area contributed by atoms with Crippen LogP contribution in [0.4, 0.5) is 0 Å². The maximum absolute atomic E-state index is 5.32. The van der Waals surface area contributed by atoms with Crippen LogP contribution in [0, 0.1) is 0 Å². The van der Waals surface area contributed by atoms with Crippen molar-refractivity contribution >= 4 is 16.9 Å². The van der Waals surface area contributed by atoms with Gasteiger partial charge < -0.3 is 14.8 Å². The molecule has 5 heteroatoms. The molecule has 1 heterocycles. The summed E-state index contributed by atoms with van der Waals surface area (Å²) in [4.78, 5) is 4.63. The standard InChI is InChI=1S/C13H24N2O2S/c1-16-9-11(17-2)8-14-12-15-13(10-18-12)6-4-3-5-7-13/h11H,3-10H2,1-2H3,(H,14,15). The molecule has 0 bridgehead atoms. The number of hydrogen-bond acceptors (Lipinski definition) is 4. The maximum atomic E-state index is 5.32. The number of aliphatic imine (C=N–C) groups is 1. The molecule has 4 nitrogen and oxygen atoms in total. The highest BCUT2D eigenvalue weighted by Gasteiger charge is 2.37. The van der Waals surface area contributed by atoms with E-state index < -0.39 is 0 Å². The minimum atomic E-state index is 0.0628. The zero-order chi connectivity index (χ0) is 12.8. The molecule has 0 aromatic carbocycles. The van der Waals surface area contributed by atoms with Crippen molar-refractivity contribution in [1.82, 2.24) is 5.32 Å². The van der Waals surface area contributed by atoms with E-state index in [1.165, 1.54) is 37.9 Å². The molecule has 1 atom stereocenters. The minimum Gasteiger partial charge on any atom is -0.382 e. The Morgan fingerprint density at radius 3 is 2.78 bits per heavy atom. The summed E-state index contributed by atoms with van der Waals surface area (Å²) in [6, 6.07) is 0. The first-order valence-electron chi connectivity index (χ1n) is 6.75. The van der Waals surface area contributed by atoms with E-state index in [9.17, 15) is 0 Å². The molecule has 1 saturated heterocycles. The summed E-state index contributed by atoms with van der Waals surface area (Å²) in [6.45, 7) is 1.28. The van der Waals surface area contributed by atoms with Crippen LogP contribution in [0.1, 0.15) is 32.1 Å². The van der Waals surface area contributed by atoms with Crippen LogP contribution in [-0.2, 0) is 9.47 Å². The van der Waals surface area contributed by atoms with E-state index in [4.69, 9.17) is 9.47 Å². The Balaban J connectivity index is 1.83. The van der Waals surface area contributed by atoms with Crippen LogP contribution >= 0.6 is 11.8 Å². The van der Waals surface area contributed by atoms with Crippen molar-refractivity contribution in [3.63, 3.8) is 0 Å². The minimum absolute atomic E-state index is 0.0628. The van der Waals surface area contributed by atoms with Gasteiger partial charge in [-0.1, -0.05) is 31.0 Å². The fraction of sp³-hybridized carbons (Fsp3) is 0.923. The fourth-order valence-corrected chi connectivity index (χ4v) is 3.88. The molecule has 2 aliphatic rings. The second kappa shape index (κ2) is 6.78. The van der Waals surface area contributed by atoms with E-state index in [0.29, 0.717) is 18.7 Å². The van der Waals surface area contributed by atoms with Gasteiger partial charge >= 0.3 is 0 Å². The van der Waals surface area contributed by atoms with Gasteiger partial charge in [-0.15, -0.1) is 0 Å². The normalized spacial score (nSPS) is 26.4. The summed E-state index contributed by atoms with van der Waals surface area (Å²) in [5.41, 5.74) is 0.339. The molecule has 0 aromatic heterocycles. The lowest BCUT2D eigenvalue weighted by Gasteiger charge is -2.32. The predicted octanol–water partition coefficient (Wildman–Crippen LogP) is 2.04. The first-order chi connectivity index (χ1) is 8.78. The summed E-state index contributed by atoms with van der Waals surface area (Å²) < 4.78 is 10.4. The average Bonchev–Trinajstić information content (AvgIpc) is 2.78. The van der Waals surface area contributed by atoms with Gasteiger partial charge in [0.05, 0.1) is 19.3 Å². The van der Waals surface area contributed by atoms with Gasteiger partial charge in [-0.05, 0) is 12.8 Å². The number of thioether (sulfide) groups is 1. The predicted molar refractivity (Wildman–Crippen MR) is 76.4 cm³/mol. The van der Waals surface area contributed by atoms with Crippen LogP contribution in [0.15, 0.2) is 4.99 Å². The Bertz CT molecular complexity index is 291. The summed E-state index contributed by atoms with van der Waals surface area (Å²) >= 11 is 1.86. The van der Waals surface area contributed by atoms with Gasteiger partial charge in [-0.3, -0.25) is 4.99 Å². The average molecular weight is 272 g/mol. The van der Waals surface area contributed by atoms with Gasteiger partial charge in [0.1, 0.15) is 0 Å². The third kappa shape index (κ3) is 3.62. The smallest absolute Gasteiger partial charge is 0.157 e. The van der Waals surface area contributed by atoms with Crippen LogP contribution in [0.2, 0.25) is 0 Å². The lowest BCUT2D eigenvalue weighted by molar-refractivity contribution is 0.0344. The summed E-state index contributed by atoms with van der Waals surface area (Å²) in [5, 5.41) is 4.74. The Hall–Kier alpha value is -0.260. The highest BCUT2D eigenvalue weighted by molar-refractivity contribution is 8.14. The number of hydrogen-bond donors (Lipinski definition) is 1. The Kier molecular flexibility index (Phi) is 5.33. The van der Waals surface area contributed by atoms with Crippen molar-refractivity contribution in [3.05, 3.63) is 0 Å². The molecule has 0 aromatic rings. The molecule has 1 N–H and O–H groups in total. The molecular formula is C13H24N2O2S. The van der Waals surface area contributed by atoms with Crippen LogP contribution < -0.4 is 5.32 Å². The monoisotopic (exact) mass is 272 g/mol. The van der Waals surface area contributed by atoms with Gasteiger partial charge in [-0.25, -0.2) is 0 Å². The van der Waals surface area contributed by atoms with E-state index in [-0.39, 0.29) is 6.10 Å². The third-order valence-corrected chi connectivity index (χ3v) is 4.99. The lowest BCUT2D eigenvalue weighted by Crippen LogP contribution is -2.45. The summed E-state index contributed by atoms with van der Waals surface area (Å²) in [7, 11) is 3.40. The van der Waals surface area contributed by atoms with Crippen LogP contribution in [0.3, 0.4) is 0 Å². The van der Waals surface area contributed by atoms with Crippen molar-refractivity contribution < 1.29 is 9.47 Å². The van der Waals surface area contributed by atoms with Crippen molar-refractivity contribution in [1.29, 1.82) is 0 Å². The number of methoxy groups -OCH3 is 2. The molecule has 2 rings (SSSR count). The zero-order valence-corrected chi connectivity index (χ0v) is 12.2. The number of nitrogens with zero attached hydrogens (tertiary/aromatic N) is 1. The second-order valence-corrected chi connectivity index (χ2v) is 6.18. The van der Waals surface area contributed by atoms with Gasteiger partial charge in [0, 0.05) is 25.5 Å². The molecular weight excluding hydrogens is 248 g/mol. The van der Waals surface area contributed by atoms with E-state index in [2.05, 4.69) is 10.3 Å². The van der Waals surface area contributed by atoms with Crippen LogP contribution in [-0.4, -0.2) is 49.9 Å². The molecule has 18 heavy (non-hydrogen) atoms. The van der Waals surface area contributed by atoms with Crippen LogP contribution in [0.25, 0.3) is 0 Å². The summed E-state index contributed by atoms with van der Waals surface area (Å²) in [5.74, 6) is 1.17. The molecule has 1 aliphatic heterocycles. The summed E-state index contributed by atoms with van der Waals surface area (Å²) in [6.07, 6.45) is 6.75. The largest absolute Gasteiger partial charge is 0.382 e. The van der Waals surface area contributed by atoms with E-state index in [0.717, 1.165) is 5.17 Å². The van der Waals surface area contributed by atoms with Gasteiger partial charge in [-0.2, -0.15) is 0 Å².